The van der Waals surface area contributed by atoms with Crippen LogP contribution in [0.4, 0.5) is 0 Å². The molecule has 0 radical (unpaired) electrons. The van der Waals surface area contributed by atoms with E-state index in [2.05, 4.69) is 4.79 Å². The minimum atomic E-state index is -1.05. The number of aldehydes is 1. The summed E-state index contributed by atoms with van der Waals surface area (Å²) in [6, 6.07) is -0.919. The second kappa shape index (κ2) is 10.7. The molecule has 8 heteroatoms. The molecule has 0 aliphatic heterocycles. The Morgan fingerprint density at radius 1 is 1.43 bits per heavy atom. The van der Waals surface area contributed by atoms with Gasteiger partial charge in [0.2, 0.25) is 6.29 Å². The minimum Gasteiger partial charge on any atom is -0.480 e. The van der Waals surface area contributed by atoms with Crippen molar-refractivity contribution in [2.75, 3.05) is 0 Å². The van der Waals surface area contributed by atoms with Crippen LogP contribution in [0.25, 0.3) is 5.53 Å². The monoisotopic (exact) mass is 301 g/mol. The van der Waals surface area contributed by atoms with Crippen LogP contribution in [0.2, 0.25) is 0 Å². The predicted octanol–water partition coefficient (Wildman–Crippen LogP) is 0.642. The standard InChI is InChI=1S/C11H21NO4.C2H2N2O/c1-7(5-8(12)10(14)15)6-9(13)16-11(2,3)4;3-4-1-2-5/h7-8H,5-6,12H2,1-4H3,(H,14,15);1-2H/t7?,8-;/m0./s1. The molecule has 0 aliphatic rings. The van der Waals surface area contributed by atoms with E-state index >= 15 is 0 Å². The molecule has 0 saturated carbocycles. The van der Waals surface area contributed by atoms with E-state index in [4.69, 9.17) is 25.9 Å². The fourth-order valence-electron chi connectivity index (χ4n) is 1.31. The number of ether oxygens (including phenoxy) is 1. The molecule has 0 rings (SSSR count). The summed E-state index contributed by atoms with van der Waals surface area (Å²) >= 11 is 0. The van der Waals surface area contributed by atoms with Gasteiger partial charge < -0.3 is 21.1 Å². The van der Waals surface area contributed by atoms with Crippen molar-refractivity contribution in [1.82, 2.24) is 0 Å². The number of rotatable bonds is 6. The second-order valence-corrected chi connectivity index (χ2v) is 5.48. The van der Waals surface area contributed by atoms with E-state index in [1.807, 2.05) is 0 Å². The summed E-state index contributed by atoms with van der Waals surface area (Å²) in [5, 5.41) is 8.61. The molecule has 120 valence electrons. The van der Waals surface area contributed by atoms with Crippen LogP contribution in [0.5, 0.6) is 0 Å². The molecule has 0 aromatic carbocycles. The maximum absolute atomic E-state index is 11.4. The molecule has 0 fully saturated rings. The molecule has 0 spiro atoms. The van der Waals surface area contributed by atoms with Crippen molar-refractivity contribution in [2.24, 2.45) is 11.7 Å². The lowest BCUT2D eigenvalue weighted by Gasteiger charge is -2.21. The quantitative estimate of drug-likeness (QED) is 0.242. The molecule has 2 atom stereocenters. The van der Waals surface area contributed by atoms with Crippen molar-refractivity contribution < 1.29 is 29.0 Å². The number of nitrogens with two attached hydrogens (primary N) is 1. The van der Waals surface area contributed by atoms with E-state index in [1.54, 1.807) is 27.7 Å². The van der Waals surface area contributed by atoms with Crippen LogP contribution in [-0.4, -0.2) is 46.0 Å². The van der Waals surface area contributed by atoms with Gasteiger partial charge in [-0.3, -0.25) is 14.4 Å². The molecule has 0 saturated heterocycles. The third-order valence-electron chi connectivity index (χ3n) is 2.04. The van der Waals surface area contributed by atoms with Crippen molar-refractivity contribution in [3.8, 4) is 0 Å². The normalized spacial score (nSPS) is 12.8. The Labute approximate surface area is 123 Å². The van der Waals surface area contributed by atoms with Crippen LogP contribution < -0.4 is 5.73 Å². The Kier molecular flexibility index (Phi) is 10.8. The predicted molar refractivity (Wildman–Crippen MR) is 75.6 cm³/mol. The summed E-state index contributed by atoms with van der Waals surface area (Å²) in [7, 11) is 0. The van der Waals surface area contributed by atoms with E-state index in [-0.39, 0.29) is 24.7 Å². The largest absolute Gasteiger partial charge is 0.480 e. The maximum Gasteiger partial charge on any atom is 0.320 e. The minimum absolute atomic E-state index is 0.0963. The Balaban J connectivity index is 0. The molecular formula is C13H23N3O5. The number of aliphatic carboxylic acids is 1. The van der Waals surface area contributed by atoms with Gasteiger partial charge in [0.25, 0.3) is 0 Å². The SMILES string of the molecule is CC(CC(=O)OC(C)(C)C)C[C@H](N)C(=O)O.[N-]=[N+]=CC=O. The highest BCUT2D eigenvalue weighted by molar-refractivity contribution is 6.09. The first-order valence-corrected chi connectivity index (χ1v) is 6.34. The van der Waals surface area contributed by atoms with Crippen molar-refractivity contribution in [3.05, 3.63) is 5.53 Å². The van der Waals surface area contributed by atoms with Crippen molar-refractivity contribution in [2.45, 2.75) is 52.2 Å². The Morgan fingerprint density at radius 2 is 1.95 bits per heavy atom. The molecule has 0 aromatic heterocycles. The second-order valence-electron chi connectivity index (χ2n) is 5.48. The zero-order valence-electron chi connectivity index (χ0n) is 12.8. The molecule has 0 amide bonds. The van der Waals surface area contributed by atoms with Gasteiger partial charge in [0.05, 0.1) is 0 Å². The first kappa shape index (κ1) is 21.3. The lowest BCUT2D eigenvalue weighted by atomic mass is 9.99. The lowest BCUT2D eigenvalue weighted by molar-refractivity contribution is -0.156. The summed E-state index contributed by atoms with van der Waals surface area (Å²) in [5.74, 6) is -1.46. The van der Waals surface area contributed by atoms with Crippen LogP contribution in [0, 0.1) is 5.92 Å². The van der Waals surface area contributed by atoms with Crippen molar-refractivity contribution in [3.63, 3.8) is 0 Å². The highest BCUT2D eigenvalue weighted by atomic mass is 16.6. The van der Waals surface area contributed by atoms with E-state index in [9.17, 15) is 9.59 Å². The van der Waals surface area contributed by atoms with Gasteiger partial charge in [0, 0.05) is 6.42 Å². The van der Waals surface area contributed by atoms with E-state index in [0.29, 0.717) is 6.29 Å². The summed E-state index contributed by atoms with van der Waals surface area (Å²) in [6.45, 7) is 7.16. The molecule has 1 unspecified atom stereocenters. The highest BCUT2D eigenvalue weighted by Gasteiger charge is 2.21. The van der Waals surface area contributed by atoms with Gasteiger partial charge in [-0.1, -0.05) is 6.92 Å². The van der Waals surface area contributed by atoms with Gasteiger partial charge in [-0.25, -0.2) is 0 Å². The number of hydrogen-bond donors (Lipinski definition) is 2. The Morgan fingerprint density at radius 3 is 2.24 bits per heavy atom. The summed E-state index contributed by atoms with van der Waals surface area (Å²) < 4.78 is 5.12. The molecular weight excluding hydrogens is 278 g/mol. The molecule has 0 aliphatic carbocycles. The molecule has 21 heavy (non-hydrogen) atoms. The Bertz CT molecular complexity index is 397. The van der Waals surface area contributed by atoms with Crippen LogP contribution >= 0.6 is 0 Å². The van der Waals surface area contributed by atoms with Gasteiger partial charge in [0.15, 0.2) is 0 Å². The number of hydrogen-bond acceptors (Lipinski definition) is 5. The van der Waals surface area contributed by atoms with Gasteiger partial charge in [-0.15, -0.1) is 0 Å². The zero-order chi connectivity index (χ0) is 17.1. The zero-order valence-corrected chi connectivity index (χ0v) is 12.8. The van der Waals surface area contributed by atoms with Gasteiger partial charge in [-0.05, 0) is 33.1 Å². The van der Waals surface area contributed by atoms with E-state index < -0.39 is 17.6 Å². The molecule has 0 bridgehead atoms. The van der Waals surface area contributed by atoms with Crippen molar-refractivity contribution in [1.29, 1.82) is 0 Å². The number of nitrogens with zero attached hydrogens (tertiary/aromatic N) is 2. The third kappa shape index (κ3) is 15.9. The Hall–Kier alpha value is -2.05. The first-order valence-electron chi connectivity index (χ1n) is 6.34. The number of carbonyl (C=O) groups excluding carboxylic acids is 2. The fraction of sp³-hybridized carbons (Fsp3) is 0.692. The topological polar surface area (TPSA) is 143 Å². The smallest absolute Gasteiger partial charge is 0.320 e. The summed E-state index contributed by atoms with van der Waals surface area (Å²) in [4.78, 5) is 33.4. The number of carboxylic acid groups (broad SMARTS) is 1. The summed E-state index contributed by atoms with van der Waals surface area (Å²) in [5.41, 5.74) is 12.3. The molecule has 0 heterocycles. The third-order valence-corrected chi connectivity index (χ3v) is 2.04. The maximum atomic E-state index is 11.4. The van der Waals surface area contributed by atoms with Crippen LogP contribution in [0.1, 0.15) is 40.5 Å². The number of esters is 1. The number of carbonyl (C=O) groups is 3. The lowest BCUT2D eigenvalue weighted by Crippen LogP contribution is -2.33. The summed E-state index contributed by atoms with van der Waals surface area (Å²) in [6.07, 6.45) is 1.60. The number of carboxylic acids is 1. The average molecular weight is 301 g/mol. The van der Waals surface area contributed by atoms with Gasteiger partial charge in [0.1, 0.15) is 11.6 Å². The van der Waals surface area contributed by atoms with Crippen LogP contribution in [-0.2, 0) is 19.1 Å². The van der Waals surface area contributed by atoms with Crippen LogP contribution in [0.3, 0.4) is 0 Å². The molecule has 3 N–H and O–H groups in total. The molecule has 0 aromatic rings. The average Bonchev–Trinajstić information content (AvgIpc) is 2.27. The fourth-order valence-corrected chi connectivity index (χ4v) is 1.31. The van der Waals surface area contributed by atoms with E-state index in [1.165, 1.54) is 0 Å². The van der Waals surface area contributed by atoms with Gasteiger partial charge in [-0.2, -0.15) is 4.79 Å². The van der Waals surface area contributed by atoms with Crippen LogP contribution in [0.15, 0.2) is 0 Å². The van der Waals surface area contributed by atoms with Gasteiger partial charge >= 0.3 is 18.2 Å². The highest BCUT2D eigenvalue weighted by Crippen LogP contribution is 2.14. The van der Waals surface area contributed by atoms with E-state index in [0.717, 1.165) is 6.21 Å². The first-order chi connectivity index (χ1) is 9.53. The van der Waals surface area contributed by atoms with Crippen molar-refractivity contribution >= 4 is 24.4 Å². The molecule has 8 nitrogen and oxygen atoms in total.